The molecule has 1 aromatic rings. The SMILES string of the molecule is COc1cc(Br)cc(C(N)CCO)c1OC.Cl. The van der Waals surface area contributed by atoms with Gasteiger partial charge in [0.2, 0.25) is 0 Å². The zero-order chi connectivity index (χ0) is 12.1. The van der Waals surface area contributed by atoms with E-state index in [-0.39, 0.29) is 25.1 Å². The molecule has 0 spiro atoms. The Bertz CT molecular complexity index is 363. The van der Waals surface area contributed by atoms with E-state index in [0.29, 0.717) is 17.9 Å². The molecule has 1 aromatic carbocycles. The molecule has 0 aliphatic rings. The van der Waals surface area contributed by atoms with Gasteiger partial charge in [0, 0.05) is 22.7 Å². The second-order valence-corrected chi connectivity index (χ2v) is 4.26. The van der Waals surface area contributed by atoms with Crippen LogP contribution in [0.25, 0.3) is 0 Å². The molecule has 0 aromatic heterocycles. The predicted molar refractivity (Wildman–Crippen MR) is 73.1 cm³/mol. The van der Waals surface area contributed by atoms with Crippen molar-refractivity contribution in [3.8, 4) is 11.5 Å². The van der Waals surface area contributed by atoms with Gasteiger partial charge in [-0.05, 0) is 18.6 Å². The number of ether oxygens (including phenoxy) is 2. The lowest BCUT2D eigenvalue weighted by Gasteiger charge is -2.17. The molecule has 4 nitrogen and oxygen atoms in total. The van der Waals surface area contributed by atoms with Crippen molar-refractivity contribution in [3.05, 3.63) is 22.2 Å². The minimum atomic E-state index is -0.272. The van der Waals surface area contributed by atoms with Crippen LogP contribution in [-0.4, -0.2) is 25.9 Å². The smallest absolute Gasteiger partial charge is 0.165 e. The highest BCUT2D eigenvalue weighted by atomic mass is 79.9. The Balaban J connectivity index is 0.00000256. The van der Waals surface area contributed by atoms with Gasteiger partial charge in [0.25, 0.3) is 0 Å². The van der Waals surface area contributed by atoms with Gasteiger partial charge in [-0.3, -0.25) is 0 Å². The Kier molecular flexibility index (Phi) is 7.54. The van der Waals surface area contributed by atoms with Crippen molar-refractivity contribution in [1.82, 2.24) is 0 Å². The van der Waals surface area contributed by atoms with Crippen LogP contribution in [-0.2, 0) is 0 Å². The van der Waals surface area contributed by atoms with E-state index in [1.54, 1.807) is 14.2 Å². The third-order valence-corrected chi connectivity index (χ3v) is 2.77. The summed E-state index contributed by atoms with van der Waals surface area (Å²) in [5.41, 5.74) is 6.78. The molecular formula is C11H17BrClNO3. The van der Waals surface area contributed by atoms with Crippen LogP contribution in [0.3, 0.4) is 0 Å². The van der Waals surface area contributed by atoms with Gasteiger partial charge < -0.3 is 20.3 Å². The number of aliphatic hydroxyl groups is 1. The summed E-state index contributed by atoms with van der Waals surface area (Å²) in [5.74, 6) is 1.24. The van der Waals surface area contributed by atoms with Gasteiger partial charge in [-0.25, -0.2) is 0 Å². The normalized spacial score (nSPS) is 11.6. The van der Waals surface area contributed by atoms with E-state index in [1.807, 2.05) is 12.1 Å². The molecule has 1 atom stereocenters. The molecule has 0 aliphatic carbocycles. The van der Waals surface area contributed by atoms with Crippen LogP contribution >= 0.6 is 28.3 Å². The molecule has 17 heavy (non-hydrogen) atoms. The summed E-state index contributed by atoms with van der Waals surface area (Å²) < 4.78 is 11.4. The Hall–Kier alpha value is -0.490. The van der Waals surface area contributed by atoms with Crippen molar-refractivity contribution in [3.63, 3.8) is 0 Å². The maximum Gasteiger partial charge on any atom is 0.165 e. The number of hydrogen-bond acceptors (Lipinski definition) is 4. The first kappa shape index (κ1) is 16.5. The first-order chi connectivity index (χ1) is 7.63. The van der Waals surface area contributed by atoms with Crippen LogP contribution in [0.1, 0.15) is 18.0 Å². The molecule has 98 valence electrons. The Morgan fingerprint density at radius 3 is 2.47 bits per heavy atom. The van der Waals surface area contributed by atoms with E-state index < -0.39 is 0 Å². The lowest BCUT2D eigenvalue weighted by molar-refractivity contribution is 0.274. The van der Waals surface area contributed by atoms with E-state index in [9.17, 15) is 0 Å². The van der Waals surface area contributed by atoms with Gasteiger partial charge in [0.05, 0.1) is 14.2 Å². The van der Waals surface area contributed by atoms with Gasteiger partial charge in [0.1, 0.15) is 0 Å². The van der Waals surface area contributed by atoms with Gasteiger partial charge in [-0.15, -0.1) is 12.4 Å². The van der Waals surface area contributed by atoms with Crippen LogP contribution in [0.4, 0.5) is 0 Å². The molecule has 0 radical (unpaired) electrons. The van der Waals surface area contributed by atoms with Gasteiger partial charge in [0.15, 0.2) is 11.5 Å². The molecule has 1 unspecified atom stereocenters. The van der Waals surface area contributed by atoms with E-state index in [1.165, 1.54) is 0 Å². The van der Waals surface area contributed by atoms with Crippen LogP contribution < -0.4 is 15.2 Å². The Labute approximate surface area is 116 Å². The first-order valence-electron chi connectivity index (χ1n) is 4.91. The zero-order valence-electron chi connectivity index (χ0n) is 9.77. The van der Waals surface area contributed by atoms with Crippen molar-refractivity contribution in [2.75, 3.05) is 20.8 Å². The largest absolute Gasteiger partial charge is 0.493 e. The molecule has 0 amide bonds. The number of halogens is 2. The topological polar surface area (TPSA) is 64.7 Å². The summed E-state index contributed by atoms with van der Waals surface area (Å²) >= 11 is 3.38. The first-order valence-corrected chi connectivity index (χ1v) is 5.71. The molecule has 0 bridgehead atoms. The van der Waals surface area contributed by atoms with Crippen LogP contribution in [0.15, 0.2) is 16.6 Å². The molecule has 0 saturated carbocycles. The number of nitrogens with two attached hydrogens (primary N) is 1. The molecular weight excluding hydrogens is 309 g/mol. The molecule has 0 aliphatic heterocycles. The molecule has 1 rings (SSSR count). The average molecular weight is 327 g/mol. The van der Waals surface area contributed by atoms with Gasteiger partial charge >= 0.3 is 0 Å². The number of aliphatic hydroxyl groups excluding tert-OH is 1. The van der Waals surface area contributed by atoms with Crippen molar-refractivity contribution in [2.45, 2.75) is 12.5 Å². The Morgan fingerprint density at radius 2 is 2.00 bits per heavy atom. The minimum absolute atomic E-state index is 0. The zero-order valence-corrected chi connectivity index (χ0v) is 12.2. The van der Waals surface area contributed by atoms with Crippen molar-refractivity contribution in [1.29, 1.82) is 0 Å². The minimum Gasteiger partial charge on any atom is -0.493 e. The summed E-state index contributed by atoms with van der Waals surface area (Å²) in [7, 11) is 3.15. The number of methoxy groups -OCH3 is 2. The second kappa shape index (κ2) is 7.76. The van der Waals surface area contributed by atoms with Crippen LogP contribution in [0.5, 0.6) is 11.5 Å². The fraction of sp³-hybridized carbons (Fsp3) is 0.455. The third kappa shape index (κ3) is 4.03. The number of rotatable bonds is 5. The van der Waals surface area contributed by atoms with Crippen LogP contribution in [0, 0.1) is 0 Å². The molecule has 3 N–H and O–H groups in total. The fourth-order valence-corrected chi connectivity index (χ4v) is 1.98. The lowest BCUT2D eigenvalue weighted by atomic mass is 10.0. The standard InChI is InChI=1S/C11H16BrNO3.ClH/c1-15-10-6-7(12)5-8(11(10)16-2)9(13)3-4-14;/h5-6,9,14H,3-4,13H2,1-2H3;1H. The highest BCUT2D eigenvalue weighted by molar-refractivity contribution is 9.10. The van der Waals surface area contributed by atoms with E-state index >= 15 is 0 Å². The van der Waals surface area contributed by atoms with E-state index in [2.05, 4.69) is 15.9 Å². The molecule has 0 fully saturated rings. The number of benzene rings is 1. The average Bonchev–Trinajstić information content (AvgIpc) is 2.28. The summed E-state index contributed by atoms with van der Waals surface area (Å²) in [6, 6.07) is 3.42. The highest BCUT2D eigenvalue weighted by Crippen LogP contribution is 2.37. The monoisotopic (exact) mass is 325 g/mol. The molecule has 0 heterocycles. The maximum absolute atomic E-state index is 8.89. The highest BCUT2D eigenvalue weighted by Gasteiger charge is 2.16. The van der Waals surface area contributed by atoms with Gasteiger partial charge in [-0.2, -0.15) is 0 Å². The fourth-order valence-electron chi connectivity index (χ4n) is 1.53. The summed E-state index contributed by atoms with van der Waals surface area (Å²) in [6.07, 6.45) is 0.482. The molecule has 0 saturated heterocycles. The lowest BCUT2D eigenvalue weighted by Crippen LogP contribution is -2.13. The third-order valence-electron chi connectivity index (χ3n) is 2.31. The van der Waals surface area contributed by atoms with Crippen molar-refractivity contribution in [2.24, 2.45) is 5.73 Å². The molecule has 6 heteroatoms. The maximum atomic E-state index is 8.89. The summed E-state index contributed by atoms with van der Waals surface area (Å²) in [6.45, 7) is 0.0408. The summed E-state index contributed by atoms with van der Waals surface area (Å²) in [5, 5.41) is 8.89. The van der Waals surface area contributed by atoms with Gasteiger partial charge in [-0.1, -0.05) is 15.9 Å². The second-order valence-electron chi connectivity index (χ2n) is 3.35. The number of hydrogen-bond donors (Lipinski definition) is 2. The van der Waals surface area contributed by atoms with E-state index in [0.717, 1.165) is 10.0 Å². The predicted octanol–water partition coefficient (Wildman–Crippen LogP) is 2.27. The van der Waals surface area contributed by atoms with E-state index in [4.69, 9.17) is 20.3 Å². The van der Waals surface area contributed by atoms with Crippen molar-refractivity contribution < 1.29 is 14.6 Å². The van der Waals surface area contributed by atoms with Crippen molar-refractivity contribution >= 4 is 28.3 Å². The quantitative estimate of drug-likeness (QED) is 0.871. The van der Waals surface area contributed by atoms with Crippen LogP contribution in [0.2, 0.25) is 0 Å². The Morgan fingerprint density at radius 1 is 1.35 bits per heavy atom. The summed E-state index contributed by atoms with van der Waals surface area (Å²) in [4.78, 5) is 0.